The highest BCUT2D eigenvalue weighted by Gasteiger charge is 2.25. The summed E-state index contributed by atoms with van der Waals surface area (Å²) in [6.45, 7) is 2.14. The summed E-state index contributed by atoms with van der Waals surface area (Å²) in [5.41, 5.74) is 5.47. The maximum Gasteiger partial charge on any atom is 0.252 e. The molecule has 0 aliphatic heterocycles. The molecule has 3 N–H and O–H groups in total. The van der Waals surface area contributed by atoms with Crippen LogP contribution in [0.5, 0.6) is 0 Å². The van der Waals surface area contributed by atoms with Gasteiger partial charge in [0.15, 0.2) is 0 Å². The van der Waals surface area contributed by atoms with E-state index in [4.69, 9.17) is 5.73 Å². The van der Waals surface area contributed by atoms with Gasteiger partial charge >= 0.3 is 0 Å². The van der Waals surface area contributed by atoms with E-state index >= 15 is 0 Å². The van der Waals surface area contributed by atoms with Crippen molar-refractivity contribution in [3.05, 3.63) is 17.0 Å². The van der Waals surface area contributed by atoms with Crippen LogP contribution in [-0.2, 0) is 21.4 Å². The summed E-state index contributed by atoms with van der Waals surface area (Å²) in [7, 11) is -0.552. The van der Waals surface area contributed by atoms with Gasteiger partial charge in [-0.05, 0) is 12.1 Å². The van der Waals surface area contributed by atoms with Gasteiger partial charge in [0.05, 0.1) is 0 Å². The first-order chi connectivity index (χ1) is 8.82. The summed E-state index contributed by atoms with van der Waals surface area (Å²) in [6, 6.07) is 3.25. The number of nitrogens with two attached hydrogens (primary N) is 1. The normalized spacial score (nSPS) is 13.5. The predicted octanol–water partition coefficient (Wildman–Crippen LogP) is 0.209. The first kappa shape index (κ1) is 16.1. The zero-order valence-corrected chi connectivity index (χ0v) is 12.8. The zero-order chi connectivity index (χ0) is 14.6. The van der Waals surface area contributed by atoms with Crippen molar-refractivity contribution in [2.24, 2.45) is 11.7 Å². The summed E-state index contributed by atoms with van der Waals surface area (Å²) in [6.07, 6.45) is 0. The summed E-state index contributed by atoms with van der Waals surface area (Å²) in [5.74, 6) is -0.588. The van der Waals surface area contributed by atoms with Gasteiger partial charge in [0, 0.05) is 38.0 Å². The number of hydrogen-bond donors (Lipinski definition) is 2. The second-order valence-electron chi connectivity index (χ2n) is 4.23. The van der Waals surface area contributed by atoms with Gasteiger partial charge in [0.25, 0.3) is 10.0 Å². The lowest BCUT2D eigenvalue weighted by Crippen LogP contribution is -2.37. The molecule has 0 spiro atoms. The lowest BCUT2D eigenvalue weighted by molar-refractivity contribution is -0.124. The van der Waals surface area contributed by atoms with Crippen LogP contribution in [0.25, 0.3) is 0 Å². The van der Waals surface area contributed by atoms with Gasteiger partial charge in [-0.3, -0.25) is 4.79 Å². The average molecular weight is 305 g/mol. The minimum absolute atomic E-state index is 0.137. The summed E-state index contributed by atoms with van der Waals surface area (Å²) >= 11 is 1.15. The zero-order valence-electron chi connectivity index (χ0n) is 11.2. The van der Waals surface area contributed by atoms with Crippen molar-refractivity contribution in [2.75, 3.05) is 20.6 Å². The number of carbonyl (C=O) groups excluding carboxylic acids is 1. The van der Waals surface area contributed by atoms with E-state index in [1.165, 1.54) is 18.4 Å². The van der Waals surface area contributed by atoms with Crippen LogP contribution >= 0.6 is 11.3 Å². The van der Waals surface area contributed by atoms with E-state index in [2.05, 4.69) is 5.32 Å². The van der Waals surface area contributed by atoms with Crippen LogP contribution in [-0.4, -0.2) is 39.3 Å². The maximum atomic E-state index is 12.3. The molecule has 0 aliphatic carbocycles. The molecule has 0 saturated carbocycles. The number of sulfonamides is 1. The van der Waals surface area contributed by atoms with Crippen LogP contribution in [0.3, 0.4) is 0 Å². The largest absolute Gasteiger partial charge is 0.359 e. The third-order valence-corrected chi connectivity index (χ3v) is 6.13. The molecule has 108 valence electrons. The highest BCUT2D eigenvalue weighted by Crippen LogP contribution is 2.24. The Labute approximate surface area is 117 Å². The Bertz CT molecular complexity index is 539. The molecule has 1 amide bonds. The van der Waals surface area contributed by atoms with Crippen molar-refractivity contribution in [1.29, 1.82) is 0 Å². The fourth-order valence-corrected chi connectivity index (χ4v) is 4.28. The van der Waals surface area contributed by atoms with E-state index in [0.717, 1.165) is 16.2 Å². The molecule has 19 heavy (non-hydrogen) atoms. The predicted molar refractivity (Wildman–Crippen MR) is 75.3 cm³/mol. The van der Waals surface area contributed by atoms with Crippen LogP contribution in [0.2, 0.25) is 0 Å². The number of nitrogens with one attached hydrogen (secondary N) is 1. The quantitative estimate of drug-likeness (QED) is 0.786. The van der Waals surface area contributed by atoms with Crippen LogP contribution in [0.4, 0.5) is 0 Å². The van der Waals surface area contributed by atoms with Gasteiger partial charge in [-0.2, -0.15) is 4.31 Å². The van der Waals surface area contributed by atoms with Gasteiger partial charge in [0.2, 0.25) is 5.91 Å². The number of rotatable bonds is 6. The fraction of sp³-hybridized carbons (Fsp3) is 0.545. The molecule has 1 rings (SSSR count). The topological polar surface area (TPSA) is 92.5 Å². The van der Waals surface area contributed by atoms with Crippen molar-refractivity contribution in [3.8, 4) is 0 Å². The fourth-order valence-electron chi connectivity index (χ4n) is 1.57. The smallest absolute Gasteiger partial charge is 0.252 e. The maximum absolute atomic E-state index is 12.3. The van der Waals surface area contributed by atoms with Gasteiger partial charge in [0.1, 0.15) is 4.21 Å². The van der Waals surface area contributed by atoms with Gasteiger partial charge < -0.3 is 11.1 Å². The molecule has 0 bridgehead atoms. The van der Waals surface area contributed by atoms with Gasteiger partial charge in [-0.1, -0.05) is 6.92 Å². The minimum Gasteiger partial charge on any atom is -0.359 e. The molecule has 1 heterocycles. The molecule has 0 saturated heterocycles. The van der Waals surface area contributed by atoms with Crippen LogP contribution < -0.4 is 11.1 Å². The lowest BCUT2D eigenvalue weighted by Gasteiger charge is -2.19. The number of amides is 1. The van der Waals surface area contributed by atoms with Crippen LogP contribution in [0.1, 0.15) is 11.8 Å². The molecular formula is C11H19N3O3S2. The van der Waals surface area contributed by atoms with Crippen LogP contribution in [0, 0.1) is 5.92 Å². The average Bonchev–Trinajstić information content (AvgIpc) is 2.86. The molecule has 1 aromatic heterocycles. The molecule has 1 aromatic rings. The Balaban J connectivity index is 2.85. The van der Waals surface area contributed by atoms with Crippen molar-refractivity contribution in [2.45, 2.75) is 17.7 Å². The van der Waals surface area contributed by atoms with Crippen molar-refractivity contribution >= 4 is 27.3 Å². The molecule has 0 fully saturated rings. The van der Waals surface area contributed by atoms with Crippen LogP contribution in [0.15, 0.2) is 16.3 Å². The van der Waals surface area contributed by atoms with Gasteiger partial charge in [-0.15, -0.1) is 11.3 Å². The monoisotopic (exact) mass is 305 g/mol. The molecule has 1 atom stereocenters. The standard InChI is InChI=1S/C11H19N3O3S2/c1-8(11(15)13-2)7-14(3)19(16,17)10-5-4-9(6-12)18-10/h4-5,8H,6-7,12H2,1-3H3,(H,13,15). The van der Waals surface area contributed by atoms with Crippen molar-refractivity contribution < 1.29 is 13.2 Å². The first-order valence-electron chi connectivity index (χ1n) is 5.79. The van der Waals surface area contributed by atoms with Gasteiger partial charge in [-0.25, -0.2) is 8.42 Å². The Kier molecular flexibility index (Phi) is 5.48. The number of nitrogens with zero attached hydrogens (tertiary/aromatic N) is 1. The van der Waals surface area contributed by atoms with E-state index in [1.807, 2.05) is 0 Å². The summed E-state index contributed by atoms with van der Waals surface area (Å²) in [5, 5.41) is 2.50. The minimum atomic E-state index is -3.55. The van der Waals surface area contributed by atoms with E-state index in [-0.39, 0.29) is 16.7 Å². The van der Waals surface area contributed by atoms with Crippen molar-refractivity contribution in [3.63, 3.8) is 0 Å². The molecule has 1 unspecified atom stereocenters. The molecule has 6 nitrogen and oxygen atoms in total. The third kappa shape index (κ3) is 3.75. The Morgan fingerprint density at radius 3 is 2.63 bits per heavy atom. The molecule has 0 radical (unpaired) electrons. The molecular weight excluding hydrogens is 286 g/mol. The summed E-state index contributed by atoms with van der Waals surface area (Å²) in [4.78, 5) is 12.2. The van der Waals surface area contributed by atoms with E-state index in [9.17, 15) is 13.2 Å². The SMILES string of the molecule is CNC(=O)C(C)CN(C)S(=O)(=O)c1ccc(CN)s1. The molecule has 0 aliphatic rings. The highest BCUT2D eigenvalue weighted by atomic mass is 32.2. The third-order valence-electron chi connectivity index (χ3n) is 2.73. The number of hydrogen-bond acceptors (Lipinski definition) is 5. The number of thiophene rings is 1. The second-order valence-corrected chi connectivity index (χ2v) is 7.67. The van der Waals surface area contributed by atoms with Crippen molar-refractivity contribution in [1.82, 2.24) is 9.62 Å². The first-order valence-corrected chi connectivity index (χ1v) is 8.05. The lowest BCUT2D eigenvalue weighted by atomic mass is 10.2. The highest BCUT2D eigenvalue weighted by molar-refractivity contribution is 7.91. The van der Waals surface area contributed by atoms with E-state index in [0.29, 0.717) is 6.54 Å². The van der Waals surface area contributed by atoms with E-state index < -0.39 is 15.9 Å². The Hall–Kier alpha value is -0.960. The molecule has 0 aromatic carbocycles. The molecule has 8 heteroatoms. The number of carbonyl (C=O) groups is 1. The van der Waals surface area contributed by atoms with E-state index in [1.54, 1.807) is 19.1 Å². The summed E-state index contributed by atoms with van der Waals surface area (Å²) < 4.78 is 26.0. The Morgan fingerprint density at radius 1 is 1.53 bits per heavy atom. The second kappa shape index (κ2) is 6.47. The Morgan fingerprint density at radius 2 is 2.16 bits per heavy atom.